The molecule has 186 valence electrons. The Bertz CT molecular complexity index is 1430. The van der Waals surface area contributed by atoms with Crippen LogP contribution in [0.25, 0.3) is 0 Å². The molecule has 2 aromatic carbocycles. The maximum Gasteiger partial charge on any atom is 0.332 e. The van der Waals surface area contributed by atoms with E-state index in [1.54, 1.807) is 36.5 Å². The first kappa shape index (κ1) is 24.1. The number of carbonyl (C=O) groups is 3. The van der Waals surface area contributed by atoms with Crippen LogP contribution in [0.3, 0.4) is 0 Å². The van der Waals surface area contributed by atoms with E-state index in [1.165, 1.54) is 23.1 Å². The number of hydrogen-bond acceptors (Lipinski definition) is 5. The molecule has 2 aliphatic heterocycles. The van der Waals surface area contributed by atoms with Crippen LogP contribution in [-0.2, 0) is 16.1 Å². The second kappa shape index (κ2) is 9.43. The number of halogens is 2. The number of benzene rings is 2. The van der Waals surface area contributed by atoms with E-state index >= 15 is 8.78 Å². The van der Waals surface area contributed by atoms with Gasteiger partial charge in [-0.05, 0) is 37.3 Å². The number of carbonyl (C=O) groups excluding carboxylic acids is 3. The summed E-state index contributed by atoms with van der Waals surface area (Å²) in [5.41, 5.74) is -0.938. The van der Waals surface area contributed by atoms with Crippen LogP contribution in [0.5, 0.6) is 0 Å². The van der Waals surface area contributed by atoms with Gasteiger partial charge in [-0.3, -0.25) is 9.59 Å². The third kappa shape index (κ3) is 4.40. The molecule has 1 atom stereocenters. The van der Waals surface area contributed by atoms with Gasteiger partial charge in [-0.15, -0.1) is 0 Å². The summed E-state index contributed by atoms with van der Waals surface area (Å²) in [6.07, 6.45) is 2.50. The molecule has 8 nitrogen and oxygen atoms in total. The smallest absolute Gasteiger partial charge is 0.332 e. The van der Waals surface area contributed by atoms with Crippen LogP contribution in [0.1, 0.15) is 30.2 Å². The lowest BCUT2D eigenvalue weighted by Crippen LogP contribution is -2.72. The number of hydrogen-bond donors (Lipinski definition) is 0. The molecule has 4 amide bonds. The van der Waals surface area contributed by atoms with E-state index < -0.39 is 47.1 Å². The molecule has 1 unspecified atom stereocenters. The van der Waals surface area contributed by atoms with E-state index in [-0.39, 0.29) is 25.2 Å². The summed E-state index contributed by atoms with van der Waals surface area (Å²) in [5.74, 6) is 1.99. The first-order valence-corrected chi connectivity index (χ1v) is 11.5. The second-order valence-corrected chi connectivity index (χ2v) is 8.95. The average Bonchev–Trinajstić information content (AvgIpc) is 2.88. The Morgan fingerprint density at radius 2 is 1.68 bits per heavy atom. The fourth-order valence-corrected chi connectivity index (χ4v) is 4.60. The van der Waals surface area contributed by atoms with Gasteiger partial charge < -0.3 is 9.80 Å². The zero-order valence-corrected chi connectivity index (χ0v) is 19.8. The summed E-state index contributed by atoms with van der Waals surface area (Å²) >= 11 is 0. The second-order valence-electron chi connectivity index (χ2n) is 8.95. The summed E-state index contributed by atoms with van der Waals surface area (Å²) < 4.78 is 30.2. The molecule has 2 saturated heterocycles. The fourth-order valence-electron chi connectivity index (χ4n) is 4.60. The van der Waals surface area contributed by atoms with Crippen molar-refractivity contribution in [3.8, 4) is 11.8 Å². The van der Waals surface area contributed by atoms with Crippen LogP contribution >= 0.6 is 0 Å². The summed E-state index contributed by atoms with van der Waals surface area (Å²) in [7, 11) is 0. The highest BCUT2D eigenvalue weighted by Gasteiger charge is 2.55. The van der Waals surface area contributed by atoms with Crippen LogP contribution in [0.2, 0.25) is 0 Å². The van der Waals surface area contributed by atoms with E-state index in [1.807, 2.05) is 6.07 Å². The number of anilines is 1. The predicted molar refractivity (Wildman–Crippen MR) is 129 cm³/mol. The number of fused-ring (bicyclic) bond motifs is 1. The number of piperazine rings is 1. The van der Waals surface area contributed by atoms with Crippen LogP contribution in [0.15, 0.2) is 61.1 Å². The molecule has 0 spiro atoms. The zero-order valence-electron chi connectivity index (χ0n) is 19.8. The molecule has 0 saturated carbocycles. The zero-order chi connectivity index (χ0) is 26.2. The highest BCUT2D eigenvalue weighted by atomic mass is 19.1. The molecule has 0 N–H and O–H groups in total. The Balaban J connectivity index is 1.41. The normalized spacial score (nSPS) is 19.4. The standard InChI is InChI=1S/C27H21F2N5O3/c1-27-15-23(35)34(24-21(28)13-19(14-22(24)29)8-7-18-5-3-2-4-6-18)26(37)33(27)12-11-32(25(27)36)16-20-9-10-30-17-31-20/h2-6,9-10,13-14,17H,11-12,15-16H2,1H3. The molecule has 0 aliphatic carbocycles. The van der Waals surface area contributed by atoms with Crippen molar-refractivity contribution in [1.82, 2.24) is 19.8 Å². The molecule has 2 aliphatic rings. The lowest BCUT2D eigenvalue weighted by atomic mass is 9.88. The van der Waals surface area contributed by atoms with Crippen molar-refractivity contribution in [3.63, 3.8) is 0 Å². The summed E-state index contributed by atoms with van der Waals surface area (Å²) in [5, 5.41) is 0. The molecule has 3 heterocycles. The fraction of sp³-hybridized carbons (Fsp3) is 0.222. The van der Waals surface area contributed by atoms with Gasteiger partial charge in [0.15, 0.2) is 11.6 Å². The lowest BCUT2D eigenvalue weighted by molar-refractivity contribution is -0.152. The summed E-state index contributed by atoms with van der Waals surface area (Å²) in [6, 6.07) is 11.6. The Morgan fingerprint density at radius 3 is 2.35 bits per heavy atom. The highest BCUT2D eigenvalue weighted by Crippen LogP contribution is 2.37. The number of amides is 4. The minimum Gasteiger partial charge on any atom is -0.333 e. The van der Waals surface area contributed by atoms with Gasteiger partial charge in [-0.25, -0.2) is 28.4 Å². The van der Waals surface area contributed by atoms with Gasteiger partial charge in [0.25, 0.3) is 0 Å². The van der Waals surface area contributed by atoms with Gasteiger partial charge in [-0.2, -0.15) is 0 Å². The Morgan fingerprint density at radius 1 is 0.973 bits per heavy atom. The van der Waals surface area contributed by atoms with Gasteiger partial charge in [0, 0.05) is 30.4 Å². The molecule has 10 heteroatoms. The van der Waals surface area contributed by atoms with Crippen molar-refractivity contribution in [2.45, 2.75) is 25.4 Å². The Kier molecular flexibility index (Phi) is 6.13. The van der Waals surface area contributed by atoms with Crippen molar-refractivity contribution in [2.24, 2.45) is 0 Å². The van der Waals surface area contributed by atoms with Gasteiger partial charge >= 0.3 is 6.03 Å². The molecule has 5 rings (SSSR count). The minimum atomic E-state index is -1.48. The van der Waals surface area contributed by atoms with E-state index in [0.717, 1.165) is 12.1 Å². The largest absolute Gasteiger partial charge is 0.333 e. The number of urea groups is 1. The molecular formula is C27H21F2N5O3. The number of aromatic nitrogens is 2. The number of imide groups is 1. The Labute approximate surface area is 211 Å². The maximum absolute atomic E-state index is 15.1. The quantitative estimate of drug-likeness (QED) is 0.515. The first-order chi connectivity index (χ1) is 17.8. The van der Waals surface area contributed by atoms with Gasteiger partial charge in [0.1, 0.15) is 17.6 Å². The van der Waals surface area contributed by atoms with Crippen molar-refractivity contribution in [3.05, 3.63) is 89.5 Å². The first-order valence-electron chi connectivity index (χ1n) is 11.5. The van der Waals surface area contributed by atoms with Crippen molar-refractivity contribution < 1.29 is 23.2 Å². The van der Waals surface area contributed by atoms with Gasteiger partial charge in [0.2, 0.25) is 11.8 Å². The molecule has 37 heavy (non-hydrogen) atoms. The molecule has 0 bridgehead atoms. The Hall–Kier alpha value is -4.65. The highest BCUT2D eigenvalue weighted by molar-refractivity contribution is 6.19. The monoisotopic (exact) mass is 501 g/mol. The van der Waals surface area contributed by atoms with E-state index in [2.05, 4.69) is 21.8 Å². The van der Waals surface area contributed by atoms with Gasteiger partial charge in [-0.1, -0.05) is 30.0 Å². The average molecular weight is 501 g/mol. The number of rotatable bonds is 3. The topological polar surface area (TPSA) is 86.7 Å². The van der Waals surface area contributed by atoms with E-state index in [4.69, 9.17) is 0 Å². The molecular weight excluding hydrogens is 480 g/mol. The van der Waals surface area contributed by atoms with Crippen LogP contribution in [0.4, 0.5) is 19.3 Å². The minimum absolute atomic E-state index is 0.0536. The molecule has 3 aromatic rings. The lowest BCUT2D eigenvalue weighted by Gasteiger charge is -2.51. The van der Waals surface area contributed by atoms with Crippen LogP contribution in [-0.4, -0.2) is 56.2 Å². The van der Waals surface area contributed by atoms with Gasteiger partial charge in [0.05, 0.1) is 18.7 Å². The van der Waals surface area contributed by atoms with Crippen molar-refractivity contribution in [1.29, 1.82) is 0 Å². The molecule has 0 radical (unpaired) electrons. The third-order valence-electron chi connectivity index (χ3n) is 6.47. The number of nitrogens with zero attached hydrogens (tertiary/aromatic N) is 5. The van der Waals surface area contributed by atoms with Crippen LogP contribution in [0, 0.1) is 23.5 Å². The van der Waals surface area contributed by atoms with Crippen LogP contribution < -0.4 is 4.90 Å². The SMILES string of the molecule is CC12CC(=O)N(c3c(F)cc(C#Cc4ccccc4)cc3F)C(=O)N1CCN(Cc1ccncn1)C2=O. The summed E-state index contributed by atoms with van der Waals surface area (Å²) in [4.78, 5) is 51.0. The van der Waals surface area contributed by atoms with E-state index in [0.29, 0.717) is 16.2 Å². The molecule has 1 aromatic heterocycles. The maximum atomic E-state index is 15.1. The predicted octanol–water partition coefficient (Wildman–Crippen LogP) is 3.11. The summed E-state index contributed by atoms with van der Waals surface area (Å²) in [6.45, 7) is 1.93. The third-order valence-corrected chi connectivity index (χ3v) is 6.47. The van der Waals surface area contributed by atoms with Crippen molar-refractivity contribution in [2.75, 3.05) is 18.0 Å². The van der Waals surface area contributed by atoms with E-state index in [9.17, 15) is 14.4 Å². The van der Waals surface area contributed by atoms with Crippen molar-refractivity contribution >= 4 is 23.5 Å². The molecule has 2 fully saturated rings.